The zero-order valence-corrected chi connectivity index (χ0v) is 17.4. The number of amides is 1. The Labute approximate surface area is 171 Å². The molecule has 1 N–H and O–H groups in total. The average molecular weight is 416 g/mol. The van der Waals surface area contributed by atoms with E-state index in [1.807, 2.05) is 6.92 Å². The molecule has 0 aliphatic carbocycles. The van der Waals surface area contributed by atoms with E-state index in [4.69, 9.17) is 4.74 Å². The largest absolute Gasteiger partial charge is 0.484 e. The summed E-state index contributed by atoms with van der Waals surface area (Å²) in [4.78, 5) is 23.9. The first-order chi connectivity index (χ1) is 13.7. The molecule has 0 fully saturated rings. The minimum atomic E-state index is -3.61. The molecule has 0 aromatic heterocycles. The van der Waals surface area contributed by atoms with Crippen LogP contribution < -0.4 is 10.1 Å². The molecule has 0 saturated heterocycles. The number of carbonyl (C=O) groups excluding carboxylic acids is 2. The lowest BCUT2D eigenvalue weighted by molar-refractivity contribution is -0.122. The van der Waals surface area contributed by atoms with E-state index in [9.17, 15) is 18.0 Å². The molecule has 0 heterocycles. The lowest BCUT2D eigenvalue weighted by Crippen LogP contribution is -2.28. The lowest BCUT2D eigenvalue weighted by Gasteiger charge is -2.11. The average Bonchev–Trinajstić information content (AvgIpc) is 2.71. The van der Waals surface area contributed by atoms with E-state index in [-0.39, 0.29) is 28.8 Å². The summed E-state index contributed by atoms with van der Waals surface area (Å²) < 4.78 is 30.9. The third-order valence-corrected chi connectivity index (χ3v) is 5.76. The first-order valence-electron chi connectivity index (χ1n) is 8.98. The first-order valence-corrected chi connectivity index (χ1v) is 10.4. The topological polar surface area (TPSA) is 92.8 Å². The zero-order chi connectivity index (χ0) is 21.4. The van der Waals surface area contributed by atoms with Gasteiger partial charge in [0.25, 0.3) is 5.91 Å². The Kier molecular flexibility index (Phi) is 7.69. The van der Waals surface area contributed by atoms with Gasteiger partial charge < -0.3 is 10.1 Å². The summed E-state index contributed by atoms with van der Waals surface area (Å²) in [5.41, 5.74) is 1.05. The third kappa shape index (κ3) is 6.27. The molecule has 0 unspecified atom stereocenters. The van der Waals surface area contributed by atoms with Crippen LogP contribution >= 0.6 is 0 Å². The van der Waals surface area contributed by atoms with Crippen LogP contribution in [-0.2, 0) is 14.8 Å². The van der Waals surface area contributed by atoms with Gasteiger partial charge in [-0.15, -0.1) is 0 Å². The number of ether oxygens (including phenoxy) is 1. The number of hydrogen-bond acceptors (Lipinski definition) is 5. The number of sulfonamides is 1. The molecule has 0 radical (unpaired) electrons. The Morgan fingerprint density at radius 3 is 2.41 bits per heavy atom. The predicted molar refractivity (Wildman–Crippen MR) is 111 cm³/mol. The van der Waals surface area contributed by atoms with Crippen molar-refractivity contribution < 1.29 is 22.7 Å². The Bertz CT molecular complexity index is 996. The number of rotatable bonds is 9. The van der Waals surface area contributed by atoms with Crippen molar-refractivity contribution in [2.45, 2.75) is 11.8 Å². The van der Waals surface area contributed by atoms with Gasteiger partial charge in [0.2, 0.25) is 10.0 Å². The third-order valence-electron chi connectivity index (χ3n) is 3.95. The molecule has 8 heteroatoms. The number of carbonyl (C=O) groups is 2. The molecule has 0 bridgehead atoms. The Morgan fingerprint density at radius 1 is 1.10 bits per heavy atom. The molecule has 154 valence electrons. The fourth-order valence-electron chi connectivity index (χ4n) is 2.36. The van der Waals surface area contributed by atoms with E-state index >= 15 is 0 Å². The van der Waals surface area contributed by atoms with Crippen molar-refractivity contribution in [3.63, 3.8) is 0 Å². The minimum Gasteiger partial charge on any atom is -0.484 e. The van der Waals surface area contributed by atoms with Crippen LogP contribution in [0.3, 0.4) is 0 Å². The van der Waals surface area contributed by atoms with Gasteiger partial charge in [-0.1, -0.05) is 30.3 Å². The first kappa shape index (κ1) is 22.3. The second kappa shape index (κ2) is 9.99. The quantitative estimate of drug-likeness (QED) is 0.500. The summed E-state index contributed by atoms with van der Waals surface area (Å²) in [5, 5.41) is 2.64. The fraction of sp³-hybridized carbons (Fsp3) is 0.238. The predicted octanol–water partition coefficient (Wildman–Crippen LogP) is 2.35. The Balaban J connectivity index is 2.05. The number of ketones is 1. The maximum Gasteiger partial charge on any atom is 0.257 e. The number of benzene rings is 2. The highest BCUT2D eigenvalue weighted by Gasteiger charge is 2.18. The van der Waals surface area contributed by atoms with Gasteiger partial charge in [-0.05, 0) is 42.8 Å². The fourth-order valence-corrected chi connectivity index (χ4v) is 3.31. The van der Waals surface area contributed by atoms with Crippen LogP contribution in [0.5, 0.6) is 5.75 Å². The lowest BCUT2D eigenvalue weighted by atomic mass is 10.1. The van der Waals surface area contributed by atoms with Crippen molar-refractivity contribution in [2.24, 2.45) is 0 Å². The van der Waals surface area contributed by atoms with Crippen molar-refractivity contribution in [3.8, 4) is 5.75 Å². The zero-order valence-electron chi connectivity index (χ0n) is 16.6. The smallest absolute Gasteiger partial charge is 0.257 e. The SMILES string of the molecule is CCNC(=O)COc1ccc(/C=C/C(=O)c2cccc(S(=O)(=O)N(C)C)c2)cc1. The molecule has 2 aromatic rings. The van der Waals surface area contributed by atoms with Crippen molar-refractivity contribution in [1.82, 2.24) is 9.62 Å². The highest BCUT2D eigenvalue weighted by Crippen LogP contribution is 2.17. The molecule has 0 atom stereocenters. The van der Waals surface area contributed by atoms with Crippen molar-refractivity contribution in [1.29, 1.82) is 0 Å². The van der Waals surface area contributed by atoms with Gasteiger partial charge in [0.05, 0.1) is 4.90 Å². The van der Waals surface area contributed by atoms with Gasteiger partial charge in [0, 0.05) is 26.2 Å². The van der Waals surface area contributed by atoms with Crippen LogP contribution in [0.1, 0.15) is 22.8 Å². The van der Waals surface area contributed by atoms with E-state index in [2.05, 4.69) is 5.32 Å². The molecule has 0 spiro atoms. The van der Waals surface area contributed by atoms with Gasteiger partial charge in [-0.3, -0.25) is 9.59 Å². The summed E-state index contributed by atoms with van der Waals surface area (Å²) in [6.45, 7) is 2.31. The van der Waals surface area contributed by atoms with E-state index in [0.29, 0.717) is 12.3 Å². The van der Waals surface area contributed by atoms with Crippen molar-refractivity contribution in [2.75, 3.05) is 27.2 Å². The van der Waals surface area contributed by atoms with Crippen LogP contribution in [0.4, 0.5) is 0 Å². The van der Waals surface area contributed by atoms with E-state index in [1.165, 1.54) is 38.4 Å². The van der Waals surface area contributed by atoms with Crippen molar-refractivity contribution in [3.05, 3.63) is 65.7 Å². The summed E-state index contributed by atoms with van der Waals surface area (Å²) in [5.74, 6) is 0.0410. The number of hydrogen-bond donors (Lipinski definition) is 1. The van der Waals surface area contributed by atoms with Gasteiger partial charge in [-0.25, -0.2) is 12.7 Å². The molecule has 0 saturated carbocycles. The molecule has 7 nitrogen and oxygen atoms in total. The van der Waals surface area contributed by atoms with Crippen LogP contribution in [0.15, 0.2) is 59.5 Å². The van der Waals surface area contributed by atoms with Crippen molar-refractivity contribution >= 4 is 27.8 Å². The molecule has 2 aromatic carbocycles. The van der Waals surface area contributed by atoms with Gasteiger partial charge in [-0.2, -0.15) is 0 Å². The molecule has 0 aliphatic rings. The van der Waals surface area contributed by atoms with E-state index in [0.717, 1.165) is 9.87 Å². The maximum absolute atomic E-state index is 12.4. The number of nitrogens with one attached hydrogen (secondary N) is 1. The number of allylic oxidation sites excluding steroid dienone is 1. The molecular formula is C21H24N2O5S. The molecule has 1 amide bonds. The standard InChI is InChI=1S/C21H24N2O5S/c1-4-22-21(25)15-28-18-11-8-16(9-12-18)10-13-20(24)17-6-5-7-19(14-17)29(26,27)23(2)3/h5-14H,4,15H2,1-3H3,(H,22,25)/b13-10+. The minimum absolute atomic E-state index is 0.0618. The van der Waals surface area contributed by atoms with E-state index < -0.39 is 10.0 Å². The summed E-state index contributed by atoms with van der Waals surface area (Å²) in [6, 6.07) is 12.8. The molecular weight excluding hydrogens is 392 g/mol. The summed E-state index contributed by atoms with van der Waals surface area (Å²) >= 11 is 0. The Morgan fingerprint density at radius 2 is 1.79 bits per heavy atom. The number of likely N-dealkylation sites (N-methyl/N-ethyl adjacent to an activating group) is 1. The second-order valence-electron chi connectivity index (χ2n) is 6.32. The normalized spacial score (nSPS) is 11.6. The molecule has 2 rings (SSSR count). The van der Waals surface area contributed by atoms with E-state index in [1.54, 1.807) is 36.4 Å². The summed E-state index contributed by atoms with van der Waals surface area (Å²) in [7, 11) is -0.730. The second-order valence-corrected chi connectivity index (χ2v) is 8.48. The molecule has 0 aliphatic heterocycles. The van der Waals surface area contributed by atoms with Gasteiger partial charge >= 0.3 is 0 Å². The highest BCUT2D eigenvalue weighted by atomic mass is 32.2. The van der Waals surface area contributed by atoms with Crippen LogP contribution in [-0.4, -0.2) is 51.7 Å². The number of nitrogens with zero attached hydrogens (tertiary/aromatic N) is 1. The van der Waals surface area contributed by atoms with Crippen LogP contribution in [0.25, 0.3) is 6.08 Å². The maximum atomic E-state index is 12.4. The van der Waals surface area contributed by atoms with Crippen LogP contribution in [0.2, 0.25) is 0 Å². The Hall–Kier alpha value is -2.97. The monoisotopic (exact) mass is 416 g/mol. The van der Waals surface area contributed by atoms with Gasteiger partial charge in [0.15, 0.2) is 12.4 Å². The van der Waals surface area contributed by atoms with Gasteiger partial charge in [0.1, 0.15) is 5.75 Å². The highest BCUT2D eigenvalue weighted by molar-refractivity contribution is 7.89. The van der Waals surface area contributed by atoms with Crippen LogP contribution in [0, 0.1) is 0 Å². The summed E-state index contributed by atoms with van der Waals surface area (Å²) in [6.07, 6.45) is 3.01. The molecule has 29 heavy (non-hydrogen) atoms.